The lowest BCUT2D eigenvalue weighted by molar-refractivity contribution is -0.202. The fourth-order valence-electron chi connectivity index (χ4n) is 1.40. The van der Waals surface area contributed by atoms with E-state index in [1.807, 2.05) is 0 Å². The Labute approximate surface area is 104 Å². The molecule has 0 aliphatic carbocycles. The first-order valence-corrected chi connectivity index (χ1v) is 5.03. The molecule has 0 saturated heterocycles. The standard InChI is InChI=1S/C11H6F3N2O3/c12-11(13,14)10(18)19-9(17)5-16-6-15-7-3-1-2-4-8(7)16/h1-4H,5H2. The van der Waals surface area contributed by atoms with Gasteiger partial charge in [-0.3, -0.25) is 0 Å². The summed E-state index contributed by atoms with van der Waals surface area (Å²) < 4.78 is 40.5. The van der Waals surface area contributed by atoms with Crippen molar-refractivity contribution in [3.8, 4) is 0 Å². The van der Waals surface area contributed by atoms with Crippen LogP contribution in [0.4, 0.5) is 13.2 Å². The quantitative estimate of drug-likeness (QED) is 0.613. The molecular formula is C11H6F3N2O3. The van der Waals surface area contributed by atoms with Crippen LogP contribution in [-0.2, 0) is 20.9 Å². The second-order valence-corrected chi connectivity index (χ2v) is 3.55. The summed E-state index contributed by atoms with van der Waals surface area (Å²) in [5.41, 5.74) is 1.02. The van der Waals surface area contributed by atoms with Crippen LogP contribution >= 0.6 is 0 Å². The molecule has 0 spiro atoms. The number of alkyl halides is 3. The highest BCUT2D eigenvalue weighted by molar-refractivity contribution is 5.89. The molecule has 8 heteroatoms. The summed E-state index contributed by atoms with van der Waals surface area (Å²) >= 11 is 0. The molecule has 1 aromatic heterocycles. The maximum Gasteiger partial charge on any atom is 0.491 e. The second kappa shape index (κ2) is 4.71. The average Bonchev–Trinajstić information content (AvgIpc) is 2.71. The zero-order valence-electron chi connectivity index (χ0n) is 9.27. The van der Waals surface area contributed by atoms with Crippen molar-refractivity contribution in [1.82, 2.24) is 9.55 Å². The van der Waals surface area contributed by atoms with E-state index in [4.69, 9.17) is 0 Å². The van der Waals surface area contributed by atoms with Gasteiger partial charge >= 0.3 is 18.1 Å². The number of hydrogen-bond acceptors (Lipinski definition) is 4. The lowest BCUT2D eigenvalue weighted by atomic mass is 10.3. The molecule has 2 rings (SSSR count). The predicted molar refractivity (Wildman–Crippen MR) is 55.7 cm³/mol. The molecule has 0 bridgehead atoms. The maximum atomic E-state index is 11.9. The fourth-order valence-corrected chi connectivity index (χ4v) is 1.40. The maximum absolute atomic E-state index is 11.9. The number of imidazole rings is 1. The molecule has 2 aromatic rings. The Morgan fingerprint density at radius 3 is 2.68 bits per heavy atom. The molecule has 0 amide bonds. The van der Waals surface area contributed by atoms with Crippen molar-refractivity contribution in [2.24, 2.45) is 0 Å². The minimum Gasteiger partial charge on any atom is -0.385 e. The van der Waals surface area contributed by atoms with Gasteiger partial charge in [0.05, 0.1) is 11.0 Å². The average molecular weight is 271 g/mol. The van der Waals surface area contributed by atoms with Crippen molar-refractivity contribution in [3.05, 3.63) is 30.6 Å². The third-order valence-corrected chi connectivity index (χ3v) is 2.19. The van der Waals surface area contributed by atoms with Gasteiger partial charge in [0.1, 0.15) is 6.54 Å². The summed E-state index contributed by atoms with van der Waals surface area (Å²) in [5, 5.41) is 0. The topological polar surface area (TPSA) is 61.2 Å². The number of halogens is 3. The summed E-state index contributed by atoms with van der Waals surface area (Å²) in [5.74, 6) is -3.87. The number of hydrogen-bond donors (Lipinski definition) is 0. The Kier molecular flexibility index (Phi) is 3.24. The molecular weight excluding hydrogens is 265 g/mol. The first-order valence-electron chi connectivity index (χ1n) is 5.03. The van der Waals surface area contributed by atoms with E-state index < -0.39 is 24.7 Å². The van der Waals surface area contributed by atoms with Gasteiger partial charge in [0.15, 0.2) is 6.33 Å². The van der Waals surface area contributed by atoms with Crippen molar-refractivity contribution < 1.29 is 27.5 Å². The van der Waals surface area contributed by atoms with Crippen LogP contribution in [0.5, 0.6) is 0 Å². The molecule has 0 unspecified atom stereocenters. The van der Waals surface area contributed by atoms with Gasteiger partial charge in [0.2, 0.25) is 0 Å². The monoisotopic (exact) mass is 271 g/mol. The van der Waals surface area contributed by atoms with Crippen molar-refractivity contribution >= 4 is 23.0 Å². The number of para-hydroxylation sites is 2. The number of fused-ring (bicyclic) bond motifs is 1. The molecule has 99 valence electrons. The van der Waals surface area contributed by atoms with Crippen molar-refractivity contribution in [2.45, 2.75) is 12.7 Å². The Morgan fingerprint density at radius 2 is 2.00 bits per heavy atom. The summed E-state index contributed by atoms with van der Waals surface area (Å²) in [7, 11) is 0. The van der Waals surface area contributed by atoms with E-state index in [0.717, 1.165) is 0 Å². The van der Waals surface area contributed by atoms with Crippen molar-refractivity contribution in [2.75, 3.05) is 0 Å². The van der Waals surface area contributed by atoms with E-state index in [1.165, 1.54) is 4.57 Å². The smallest absolute Gasteiger partial charge is 0.385 e. The summed E-state index contributed by atoms with van der Waals surface area (Å²) in [6, 6.07) is 6.63. The number of aromatic nitrogens is 2. The molecule has 1 heterocycles. The highest BCUT2D eigenvalue weighted by Gasteiger charge is 2.42. The molecule has 0 saturated carbocycles. The van der Waals surface area contributed by atoms with E-state index in [1.54, 1.807) is 24.3 Å². The molecule has 1 aromatic carbocycles. The third-order valence-electron chi connectivity index (χ3n) is 2.19. The predicted octanol–water partition coefficient (Wildman–Crippen LogP) is 1.47. The van der Waals surface area contributed by atoms with Gasteiger partial charge in [-0.05, 0) is 12.1 Å². The van der Waals surface area contributed by atoms with E-state index >= 15 is 0 Å². The molecule has 0 aliphatic rings. The Bertz CT molecular complexity index is 633. The van der Waals surface area contributed by atoms with Gasteiger partial charge in [0.25, 0.3) is 0 Å². The van der Waals surface area contributed by atoms with Crippen molar-refractivity contribution in [1.29, 1.82) is 0 Å². The summed E-state index contributed by atoms with van der Waals surface area (Å²) in [6.07, 6.45) is -2.77. The van der Waals surface area contributed by atoms with E-state index in [0.29, 0.717) is 11.0 Å². The van der Waals surface area contributed by atoms with Crippen LogP contribution in [0.2, 0.25) is 0 Å². The number of nitrogens with zero attached hydrogens (tertiary/aromatic N) is 2. The number of esters is 2. The SMILES string of the molecule is O=C(Cn1[c]nc2ccccc21)OC(=O)C(F)(F)F. The molecule has 0 N–H and O–H groups in total. The molecule has 5 nitrogen and oxygen atoms in total. The van der Waals surface area contributed by atoms with Gasteiger partial charge in [-0.2, -0.15) is 13.2 Å². The van der Waals surface area contributed by atoms with Crippen LogP contribution in [0.15, 0.2) is 24.3 Å². The minimum atomic E-state index is -5.20. The van der Waals surface area contributed by atoms with Crippen LogP contribution in [0, 0.1) is 6.33 Å². The minimum absolute atomic E-state index is 0.499. The fraction of sp³-hybridized carbons (Fsp3) is 0.182. The normalized spacial score (nSPS) is 11.5. The lowest BCUT2D eigenvalue weighted by Crippen LogP contribution is -2.29. The largest absolute Gasteiger partial charge is 0.491 e. The Balaban J connectivity index is 2.09. The van der Waals surface area contributed by atoms with Gasteiger partial charge in [-0.1, -0.05) is 12.1 Å². The van der Waals surface area contributed by atoms with E-state index in [9.17, 15) is 22.8 Å². The zero-order chi connectivity index (χ0) is 14.0. The molecule has 19 heavy (non-hydrogen) atoms. The van der Waals surface area contributed by atoms with Gasteiger partial charge < -0.3 is 9.30 Å². The number of rotatable bonds is 2. The number of carbonyl (C=O) groups excluding carboxylic acids is 2. The van der Waals surface area contributed by atoms with Crippen LogP contribution in [0.3, 0.4) is 0 Å². The van der Waals surface area contributed by atoms with Gasteiger partial charge in [-0.15, -0.1) is 0 Å². The Hall–Kier alpha value is -2.38. The second-order valence-electron chi connectivity index (χ2n) is 3.55. The van der Waals surface area contributed by atoms with Crippen LogP contribution < -0.4 is 0 Å². The molecule has 1 radical (unpaired) electrons. The van der Waals surface area contributed by atoms with E-state index in [-0.39, 0.29) is 0 Å². The van der Waals surface area contributed by atoms with E-state index in [2.05, 4.69) is 16.0 Å². The van der Waals surface area contributed by atoms with Gasteiger partial charge in [0, 0.05) is 0 Å². The van der Waals surface area contributed by atoms with Crippen molar-refractivity contribution in [3.63, 3.8) is 0 Å². The zero-order valence-corrected chi connectivity index (χ0v) is 9.27. The number of carbonyl (C=O) groups is 2. The molecule has 0 aliphatic heterocycles. The summed E-state index contributed by atoms with van der Waals surface area (Å²) in [6.45, 7) is -0.581. The first kappa shape index (κ1) is 13.1. The van der Waals surface area contributed by atoms with Gasteiger partial charge in [-0.25, -0.2) is 14.6 Å². The van der Waals surface area contributed by atoms with Crippen LogP contribution in [0.25, 0.3) is 11.0 Å². The number of benzene rings is 1. The number of ether oxygens (including phenoxy) is 1. The molecule has 0 atom stereocenters. The Morgan fingerprint density at radius 1 is 1.32 bits per heavy atom. The van der Waals surface area contributed by atoms with Crippen LogP contribution in [0.1, 0.15) is 0 Å². The highest BCUT2D eigenvalue weighted by atomic mass is 19.4. The highest BCUT2D eigenvalue weighted by Crippen LogP contribution is 2.17. The van der Waals surface area contributed by atoms with Crippen LogP contribution in [-0.4, -0.2) is 27.7 Å². The summed E-state index contributed by atoms with van der Waals surface area (Å²) in [4.78, 5) is 25.5. The molecule has 0 fully saturated rings. The third kappa shape index (κ3) is 2.90. The lowest BCUT2D eigenvalue weighted by Gasteiger charge is -2.06. The first-order chi connectivity index (χ1) is 8.88.